The average molecular weight is 198 g/mol. The zero-order valence-electron chi connectivity index (χ0n) is 8.58. The Morgan fingerprint density at radius 3 is 2.77 bits per heavy atom. The van der Waals surface area contributed by atoms with E-state index in [9.17, 15) is 0 Å². The van der Waals surface area contributed by atoms with E-state index in [1.165, 1.54) is 6.42 Å². The molecule has 2 atom stereocenters. The fraction of sp³-hybridized carbons (Fsp3) is 0.700. The Morgan fingerprint density at radius 1 is 1.62 bits per heavy atom. The molecule has 1 aromatic heterocycles. The lowest BCUT2D eigenvalue weighted by molar-refractivity contribution is 0.457. The molecule has 1 heterocycles. The van der Waals surface area contributed by atoms with Crippen molar-refractivity contribution in [3.63, 3.8) is 0 Å². The summed E-state index contributed by atoms with van der Waals surface area (Å²) < 4.78 is 0. The Morgan fingerprint density at radius 2 is 2.31 bits per heavy atom. The van der Waals surface area contributed by atoms with E-state index in [-0.39, 0.29) is 6.04 Å². The Kier molecular flexibility index (Phi) is 3.88. The molecule has 2 nitrogen and oxygen atoms in total. The monoisotopic (exact) mass is 198 g/mol. The van der Waals surface area contributed by atoms with Gasteiger partial charge in [0.2, 0.25) is 0 Å². The van der Waals surface area contributed by atoms with Crippen molar-refractivity contribution in [1.82, 2.24) is 4.98 Å². The molecule has 2 unspecified atom stereocenters. The van der Waals surface area contributed by atoms with Gasteiger partial charge >= 0.3 is 0 Å². The second-order valence-electron chi connectivity index (χ2n) is 3.65. The standard InChI is InChI=1S/C10H18N2S/c1-4-7(2)5-9(11)10-6-13-8(3)12-10/h6-7,9H,4-5,11H2,1-3H3. The summed E-state index contributed by atoms with van der Waals surface area (Å²) in [6.45, 7) is 6.45. The maximum atomic E-state index is 6.03. The first-order chi connectivity index (χ1) is 6.13. The second-order valence-corrected chi connectivity index (χ2v) is 4.71. The largest absolute Gasteiger partial charge is 0.323 e. The Balaban J connectivity index is 2.53. The van der Waals surface area contributed by atoms with Crippen molar-refractivity contribution in [3.8, 4) is 0 Å². The third-order valence-electron chi connectivity index (χ3n) is 2.37. The smallest absolute Gasteiger partial charge is 0.0898 e. The van der Waals surface area contributed by atoms with E-state index in [1.807, 2.05) is 6.92 Å². The van der Waals surface area contributed by atoms with Gasteiger partial charge in [0, 0.05) is 11.4 Å². The zero-order chi connectivity index (χ0) is 9.84. The molecule has 0 radical (unpaired) electrons. The molecule has 3 heteroatoms. The van der Waals surface area contributed by atoms with Gasteiger partial charge in [-0.05, 0) is 19.3 Å². The van der Waals surface area contributed by atoms with E-state index in [0.29, 0.717) is 5.92 Å². The lowest BCUT2D eigenvalue weighted by Crippen LogP contribution is -2.14. The molecule has 74 valence electrons. The maximum absolute atomic E-state index is 6.03. The van der Waals surface area contributed by atoms with E-state index >= 15 is 0 Å². The van der Waals surface area contributed by atoms with Crippen LogP contribution in [0.25, 0.3) is 0 Å². The van der Waals surface area contributed by atoms with Gasteiger partial charge in [-0.1, -0.05) is 20.3 Å². The fourth-order valence-electron chi connectivity index (χ4n) is 1.27. The molecule has 0 saturated heterocycles. The molecule has 1 rings (SSSR count). The minimum absolute atomic E-state index is 0.125. The van der Waals surface area contributed by atoms with Gasteiger partial charge in [0.15, 0.2) is 0 Å². The SMILES string of the molecule is CCC(C)CC(N)c1csc(C)n1. The molecule has 0 fully saturated rings. The first-order valence-electron chi connectivity index (χ1n) is 4.81. The number of rotatable bonds is 4. The predicted molar refractivity (Wildman–Crippen MR) is 57.9 cm³/mol. The third-order valence-corrected chi connectivity index (χ3v) is 3.16. The van der Waals surface area contributed by atoms with Crippen molar-refractivity contribution >= 4 is 11.3 Å². The first kappa shape index (κ1) is 10.7. The van der Waals surface area contributed by atoms with Gasteiger partial charge in [-0.15, -0.1) is 11.3 Å². The number of aromatic nitrogens is 1. The van der Waals surface area contributed by atoms with Gasteiger partial charge in [0.1, 0.15) is 0 Å². The van der Waals surface area contributed by atoms with Gasteiger partial charge < -0.3 is 5.73 Å². The minimum Gasteiger partial charge on any atom is -0.323 e. The van der Waals surface area contributed by atoms with Crippen LogP contribution in [0.5, 0.6) is 0 Å². The normalized spacial score (nSPS) is 15.7. The summed E-state index contributed by atoms with van der Waals surface area (Å²) >= 11 is 1.68. The molecular weight excluding hydrogens is 180 g/mol. The number of nitrogens with two attached hydrogens (primary N) is 1. The van der Waals surface area contributed by atoms with Crippen molar-refractivity contribution in [2.45, 2.75) is 39.7 Å². The molecule has 0 saturated carbocycles. The number of hydrogen-bond donors (Lipinski definition) is 1. The number of nitrogens with zero attached hydrogens (tertiary/aromatic N) is 1. The van der Waals surface area contributed by atoms with E-state index in [1.54, 1.807) is 11.3 Å². The Bertz CT molecular complexity index is 257. The summed E-state index contributed by atoms with van der Waals surface area (Å²) in [5.41, 5.74) is 7.09. The van der Waals surface area contributed by atoms with Crippen LogP contribution in [0, 0.1) is 12.8 Å². The summed E-state index contributed by atoms with van der Waals surface area (Å²) in [7, 11) is 0. The summed E-state index contributed by atoms with van der Waals surface area (Å²) in [6, 6.07) is 0.125. The number of thiazole rings is 1. The maximum Gasteiger partial charge on any atom is 0.0898 e. The molecule has 0 aromatic carbocycles. The Hall–Kier alpha value is -0.410. The minimum atomic E-state index is 0.125. The van der Waals surface area contributed by atoms with Crippen molar-refractivity contribution in [1.29, 1.82) is 0 Å². The zero-order valence-corrected chi connectivity index (χ0v) is 9.40. The predicted octanol–water partition coefficient (Wildman–Crippen LogP) is 2.89. The Labute approximate surface area is 84.2 Å². The van der Waals surface area contributed by atoms with E-state index in [2.05, 4.69) is 24.2 Å². The molecule has 0 aliphatic rings. The van der Waals surface area contributed by atoms with E-state index in [4.69, 9.17) is 5.73 Å². The van der Waals surface area contributed by atoms with Crippen LogP contribution in [0.3, 0.4) is 0 Å². The number of hydrogen-bond acceptors (Lipinski definition) is 3. The lowest BCUT2D eigenvalue weighted by atomic mass is 9.98. The third kappa shape index (κ3) is 3.08. The van der Waals surface area contributed by atoms with Crippen LogP contribution in [0.2, 0.25) is 0 Å². The van der Waals surface area contributed by atoms with Gasteiger partial charge in [-0.2, -0.15) is 0 Å². The highest BCUT2D eigenvalue weighted by molar-refractivity contribution is 7.09. The highest BCUT2D eigenvalue weighted by Gasteiger charge is 2.12. The highest BCUT2D eigenvalue weighted by atomic mass is 32.1. The van der Waals surface area contributed by atoms with Crippen molar-refractivity contribution in [2.24, 2.45) is 11.7 Å². The van der Waals surface area contributed by atoms with Crippen LogP contribution in [0.4, 0.5) is 0 Å². The van der Waals surface area contributed by atoms with Crippen molar-refractivity contribution in [3.05, 3.63) is 16.1 Å². The molecule has 13 heavy (non-hydrogen) atoms. The molecular formula is C10H18N2S. The first-order valence-corrected chi connectivity index (χ1v) is 5.69. The molecule has 2 N–H and O–H groups in total. The summed E-state index contributed by atoms with van der Waals surface area (Å²) in [6.07, 6.45) is 2.23. The topological polar surface area (TPSA) is 38.9 Å². The molecule has 0 spiro atoms. The molecule has 0 bridgehead atoms. The highest BCUT2D eigenvalue weighted by Crippen LogP contribution is 2.21. The molecule has 0 aliphatic carbocycles. The molecule has 0 amide bonds. The summed E-state index contributed by atoms with van der Waals surface area (Å²) in [5, 5.41) is 3.18. The second kappa shape index (κ2) is 4.72. The van der Waals surface area contributed by atoms with E-state index < -0.39 is 0 Å². The van der Waals surface area contributed by atoms with Crippen LogP contribution in [0.1, 0.15) is 43.4 Å². The summed E-state index contributed by atoms with van der Waals surface area (Å²) in [4.78, 5) is 4.39. The van der Waals surface area contributed by atoms with Crippen LogP contribution in [0.15, 0.2) is 5.38 Å². The molecule has 1 aromatic rings. The van der Waals surface area contributed by atoms with Crippen molar-refractivity contribution in [2.75, 3.05) is 0 Å². The van der Waals surface area contributed by atoms with Crippen LogP contribution >= 0.6 is 11.3 Å². The van der Waals surface area contributed by atoms with Crippen molar-refractivity contribution < 1.29 is 0 Å². The fourth-order valence-corrected chi connectivity index (χ4v) is 1.95. The number of aryl methyl sites for hydroxylation is 1. The summed E-state index contributed by atoms with van der Waals surface area (Å²) in [5.74, 6) is 0.692. The van der Waals surface area contributed by atoms with Crippen LogP contribution in [-0.2, 0) is 0 Å². The van der Waals surface area contributed by atoms with Gasteiger partial charge in [-0.25, -0.2) is 4.98 Å². The van der Waals surface area contributed by atoms with Gasteiger partial charge in [-0.3, -0.25) is 0 Å². The lowest BCUT2D eigenvalue weighted by Gasteiger charge is -2.13. The van der Waals surface area contributed by atoms with Crippen LogP contribution < -0.4 is 5.73 Å². The van der Waals surface area contributed by atoms with Gasteiger partial charge in [0.25, 0.3) is 0 Å². The van der Waals surface area contributed by atoms with Crippen LogP contribution in [-0.4, -0.2) is 4.98 Å². The average Bonchev–Trinajstić information content (AvgIpc) is 2.51. The molecule has 0 aliphatic heterocycles. The quantitative estimate of drug-likeness (QED) is 0.808. The van der Waals surface area contributed by atoms with Gasteiger partial charge in [0.05, 0.1) is 10.7 Å². The van der Waals surface area contributed by atoms with E-state index in [0.717, 1.165) is 17.1 Å².